The minimum absolute atomic E-state index is 0.860. The monoisotopic (exact) mass is 240 g/mol. The first-order valence-electron chi connectivity index (χ1n) is 5.46. The lowest BCUT2D eigenvalue weighted by molar-refractivity contribution is 1.41. The SMILES string of the molecule is Cc1sc(N)cc1-c1ccnc2ccccc12. The van der Waals surface area contributed by atoms with E-state index in [1.807, 2.05) is 30.5 Å². The average Bonchev–Trinajstić information content (AvgIpc) is 2.68. The first-order valence-corrected chi connectivity index (χ1v) is 6.27. The molecule has 0 aliphatic heterocycles. The molecule has 3 heteroatoms. The molecule has 0 unspecified atom stereocenters. The lowest BCUT2D eigenvalue weighted by atomic mass is 10.0. The first-order chi connectivity index (χ1) is 8.25. The molecule has 3 rings (SSSR count). The molecule has 0 amide bonds. The van der Waals surface area contributed by atoms with Crippen LogP contribution in [0.3, 0.4) is 0 Å². The maximum Gasteiger partial charge on any atom is 0.0865 e. The number of para-hydroxylation sites is 1. The highest BCUT2D eigenvalue weighted by Gasteiger charge is 2.09. The Morgan fingerprint density at radius 2 is 1.94 bits per heavy atom. The van der Waals surface area contributed by atoms with Gasteiger partial charge in [0.25, 0.3) is 0 Å². The molecule has 0 saturated heterocycles. The zero-order valence-corrected chi connectivity index (χ0v) is 10.3. The summed E-state index contributed by atoms with van der Waals surface area (Å²) in [4.78, 5) is 5.62. The van der Waals surface area contributed by atoms with Crippen LogP contribution >= 0.6 is 11.3 Å². The van der Waals surface area contributed by atoms with Crippen LogP contribution in [0.5, 0.6) is 0 Å². The van der Waals surface area contributed by atoms with Crippen LogP contribution in [0.4, 0.5) is 5.00 Å². The van der Waals surface area contributed by atoms with Crippen LogP contribution in [0, 0.1) is 6.92 Å². The van der Waals surface area contributed by atoms with Gasteiger partial charge in [0.15, 0.2) is 0 Å². The summed E-state index contributed by atoms with van der Waals surface area (Å²) in [5.74, 6) is 0. The Morgan fingerprint density at radius 1 is 1.12 bits per heavy atom. The zero-order valence-electron chi connectivity index (χ0n) is 9.47. The minimum Gasteiger partial charge on any atom is -0.391 e. The highest BCUT2D eigenvalue weighted by Crippen LogP contribution is 2.35. The molecule has 0 bridgehead atoms. The van der Waals surface area contributed by atoms with Crippen LogP contribution in [0.1, 0.15) is 4.88 Å². The number of hydrogen-bond donors (Lipinski definition) is 1. The lowest BCUT2D eigenvalue weighted by Gasteiger charge is -2.04. The molecule has 2 N–H and O–H groups in total. The third-order valence-electron chi connectivity index (χ3n) is 2.88. The summed E-state index contributed by atoms with van der Waals surface area (Å²) < 4.78 is 0. The smallest absolute Gasteiger partial charge is 0.0865 e. The number of aryl methyl sites for hydroxylation is 1. The third-order valence-corrected chi connectivity index (χ3v) is 3.76. The number of rotatable bonds is 1. The molecule has 0 radical (unpaired) electrons. The van der Waals surface area contributed by atoms with Crippen LogP contribution in [0.25, 0.3) is 22.0 Å². The van der Waals surface area contributed by atoms with E-state index in [4.69, 9.17) is 5.73 Å². The second-order valence-corrected chi connectivity index (χ2v) is 5.28. The van der Waals surface area contributed by atoms with E-state index < -0.39 is 0 Å². The molecule has 0 fully saturated rings. The van der Waals surface area contributed by atoms with Gasteiger partial charge in [-0.3, -0.25) is 4.98 Å². The fourth-order valence-corrected chi connectivity index (χ4v) is 2.91. The molecular formula is C14H12N2S. The normalized spacial score (nSPS) is 10.9. The topological polar surface area (TPSA) is 38.9 Å². The second kappa shape index (κ2) is 3.86. The maximum absolute atomic E-state index is 5.86. The molecule has 2 aromatic heterocycles. The van der Waals surface area contributed by atoms with E-state index in [2.05, 4.69) is 24.0 Å². The molecule has 1 aromatic carbocycles. The Hall–Kier alpha value is -1.87. The van der Waals surface area contributed by atoms with Crippen LogP contribution in [-0.2, 0) is 0 Å². The summed E-state index contributed by atoms with van der Waals surface area (Å²) in [5, 5.41) is 2.04. The Kier molecular flexibility index (Phi) is 2.34. The van der Waals surface area contributed by atoms with Gasteiger partial charge in [-0.05, 0) is 36.2 Å². The summed E-state index contributed by atoms with van der Waals surface area (Å²) in [6, 6.07) is 12.3. The van der Waals surface area contributed by atoms with Gasteiger partial charge in [0.2, 0.25) is 0 Å². The molecule has 0 spiro atoms. The van der Waals surface area contributed by atoms with Gasteiger partial charge in [-0.25, -0.2) is 0 Å². The van der Waals surface area contributed by atoms with Crippen molar-refractivity contribution in [2.45, 2.75) is 6.92 Å². The van der Waals surface area contributed by atoms with E-state index in [-0.39, 0.29) is 0 Å². The van der Waals surface area contributed by atoms with Gasteiger partial charge in [-0.2, -0.15) is 0 Å². The molecule has 84 valence electrons. The number of thiophene rings is 1. The molecular weight excluding hydrogens is 228 g/mol. The van der Waals surface area contributed by atoms with Gasteiger partial charge in [-0.1, -0.05) is 18.2 Å². The maximum atomic E-state index is 5.86. The molecule has 0 saturated carbocycles. The largest absolute Gasteiger partial charge is 0.391 e. The van der Waals surface area contributed by atoms with Crippen molar-refractivity contribution in [3.8, 4) is 11.1 Å². The Labute approximate surface area is 104 Å². The first kappa shape index (κ1) is 10.3. The van der Waals surface area contributed by atoms with Crippen LogP contribution in [-0.4, -0.2) is 4.98 Å². The lowest BCUT2D eigenvalue weighted by Crippen LogP contribution is -1.83. The van der Waals surface area contributed by atoms with Crippen LogP contribution < -0.4 is 5.73 Å². The molecule has 0 aliphatic rings. The number of anilines is 1. The van der Waals surface area contributed by atoms with Gasteiger partial charge in [0.1, 0.15) is 0 Å². The van der Waals surface area contributed by atoms with Crippen LogP contribution in [0.15, 0.2) is 42.6 Å². The van der Waals surface area contributed by atoms with Crippen molar-refractivity contribution in [1.82, 2.24) is 4.98 Å². The van der Waals surface area contributed by atoms with E-state index in [9.17, 15) is 0 Å². The van der Waals surface area contributed by atoms with Gasteiger partial charge in [0, 0.05) is 16.5 Å². The van der Waals surface area contributed by atoms with Gasteiger partial charge < -0.3 is 5.73 Å². The number of nitrogen functional groups attached to an aromatic ring is 1. The highest BCUT2D eigenvalue weighted by molar-refractivity contribution is 7.16. The number of aromatic nitrogens is 1. The summed E-state index contributed by atoms with van der Waals surface area (Å²) >= 11 is 1.63. The predicted octanol–water partition coefficient (Wildman–Crippen LogP) is 3.85. The highest BCUT2D eigenvalue weighted by atomic mass is 32.1. The van der Waals surface area contributed by atoms with E-state index in [1.165, 1.54) is 21.4 Å². The van der Waals surface area contributed by atoms with E-state index in [1.54, 1.807) is 11.3 Å². The molecule has 2 heterocycles. The van der Waals surface area contributed by atoms with Crippen molar-refractivity contribution in [1.29, 1.82) is 0 Å². The number of fused-ring (bicyclic) bond motifs is 1. The zero-order chi connectivity index (χ0) is 11.8. The summed E-state index contributed by atoms with van der Waals surface area (Å²) in [5.41, 5.74) is 9.31. The van der Waals surface area contributed by atoms with Crippen molar-refractivity contribution < 1.29 is 0 Å². The summed E-state index contributed by atoms with van der Waals surface area (Å²) in [6.07, 6.45) is 1.85. The Morgan fingerprint density at radius 3 is 2.71 bits per heavy atom. The van der Waals surface area contributed by atoms with Crippen molar-refractivity contribution in [3.05, 3.63) is 47.5 Å². The number of benzene rings is 1. The van der Waals surface area contributed by atoms with Crippen LogP contribution in [0.2, 0.25) is 0 Å². The molecule has 2 nitrogen and oxygen atoms in total. The molecule has 3 aromatic rings. The standard InChI is InChI=1S/C14H12N2S/c1-9-12(8-14(15)17-9)10-6-7-16-13-5-3-2-4-11(10)13/h2-8H,15H2,1H3. The van der Waals surface area contributed by atoms with E-state index in [0.717, 1.165) is 10.5 Å². The fraction of sp³-hybridized carbons (Fsp3) is 0.0714. The Balaban J connectivity index is 2.34. The van der Waals surface area contributed by atoms with Crippen molar-refractivity contribution >= 4 is 27.2 Å². The van der Waals surface area contributed by atoms with Crippen molar-refractivity contribution in [2.75, 3.05) is 5.73 Å². The van der Waals surface area contributed by atoms with E-state index >= 15 is 0 Å². The molecule has 17 heavy (non-hydrogen) atoms. The van der Waals surface area contributed by atoms with Crippen molar-refractivity contribution in [3.63, 3.8) is 0 Å². The summed E-state index contributed by atoms with van der Waals surface area (Å²) in [7, 11) is 0. The number of nitrogens with two attached hydrogens (primary N) is 1. The van der Waals surface area contributed by atoms with Gasteiger partial charge in [-0.15, -0.1) is 11.3 Å². The minimum atomic E-state index is 0.860. The van der Waals surface area contributed by atoms with Gasteiger partial charge in [0.05, 0.1) is 10.5 Å². The fourth-order valence-electron chi connectivity index (χ4n) is 2.10. The van der Waals surface area contributed by atoms with Gasteiger partial charge >= 0.3 is 0 Å². The van der Waals surface area contributed by atoms with E-state index in [0.29, 0.717) is 0 Å². The number of pyridine rings is 1. The second-order valence-electron chi connectivity index (χ2n) is 3.99. The molecule has 0 aliphatic carbocycles. The number of nitrogens with zero attached hydrogens (tertiary/aromatic N) is 1. The Bertz CT molecular complexity index is 680. The average molecular weight is 240 g/mol. The molecule has 0 atom stereocenters. The quantitative estimate of drug-likeness (QED) is 0.701. The van der Waals surface area contributed by atoms with Crippen molar-refractivity contribution in [2.24, 2.45) is 0 Å². The predicted molar refractivity (Wildman–Crippen MR) is 74.2 cm³/mol. The number of hydrogen-bond acceptors (Lipinski definition) is 3. The third kappa shape index (κ3) is 1.68. The summed E-state index contributed by atoms with van der Waals surface area (Å²) in [6.45, 7) is 2.10.